The van der Waals surface area contributed by atoms with Gasteiger partial charge in [-0.3, -0.25) is 0 Å². The quantitative estimate of drug-likeness (QED) is 0.808. The standard InChI is InChI=1S/C14H20FN/c1-14(2)9-5-7-12(16-14)10-11-6-3-4-8-13(11)15/h3-4,6,8,12,16H,5,7,9-10H2,1-2H3/t12-/m1/s1. The normalized spacial score (nSPS) is 24.3. The number of halogens is 1. The average Bonchev–Trinajstić information content (AvgIpc) is 2.20. The van der Waals surface area contributed by atoms with E-state index in [2.05, 4.69) is 19.2 Å². The van der Waals surface area contributed by atoms with Crippen molar-refractivity contribution in [3.63, 3.8) is 0 Å². The molecule has 1 aromatic carbocycles. The zero-order valence-electron chi connectivity index (χ0n) is 10.1. The summed E-state index contributed by atoms with van der Waals surface area (Å²) in [6, 6.07) is 7.51. The van der Waals surface area contributed by atoms with Crippen LogP contribution < -0.4 is 5.32 Å². The van der Waals surface area contributed by atoms with Crippen LogP contribution in [0.2, 0.25) is 0 Å². The maximum Gasteiger partial charge on any atom is 0.126 e. The highest BCUT2D eigenvalue weighted by Crippen LogP contribution is 2.23. The molecule has 2 rings (SSSR count). The molecule has 1 atom stereocenters. The first-order valence-electron chi connectivity index (χ1n) is 6.08. The van der Waals surface area contributed by atoms with Gasteiger partial charge in [-0.15, -0.1) is 0 Å². The Labute approximate surface area is 97.1 Å². The van der Waals surface area contributed by atoms with Gasteiger partial charge in [-0.2, -0.15) is 0 Å². The van der Waals surface area contributed by atoms with Gasteiger partial charge in [-0.05, 0) is 44.7 Å². The van der Waals surface area contributed by atoms with Gasteiger partial charge in [0.25, 0.3) is 0 Å². The highest BCUT2D eigenvalue weighted by atomic mass is 19.1. The lowest BCUT2D eigenvalue weighted by Crippen LogP contribution is -2.50. The zero-order chi connectivity index (χ0) is 11.6. The van der Waals surface area contributed by atoms with E-state index in [0.717, 1.165) is 18.4 Å². The van der Waals surface area contributed by atoms with Crippen molar-refractivity contribution in [1.82, 2.24) is 5.32 Å². The van der Waals surface area contributed by atoms with Crippen LogP contribution in [0.15, 0.2) is 24.3 Å². The Morgan fingerprint density at radius 1 is 1.38 bits per heavy atom. The van der Waals surface area contributed by atoms with Crippen LogP contribution in [0.25, 0.3) is 0 Å². The van der Waals surface area contributed by atoms with E-state index in [0.29, 0.717) is 6.04 Å². The van der Waals surface area contributed by atoms with Crippen molar-refractivity contribution < 1.29 is 4.39 Å². The van der Waals surface area contributed by atoms with Gasteiger partial charge in [0.1, 0.15) is 5.82 Å². The Kier molecular flexibility index (Phi) is 3.29. The lowest BCUT2D eigenvalue weighted by atomic mass is 9.87. The minimum absolute atomic E-state index is 0.0762. The highest BCUT2D eigenvalue weighted by Gasteiger charge is 2.27. The van der Waals surface area contributed by atoms with E-state index < -0.39 is 0 Å². The summed E-state index contributed by atoms with van der Waals surface area (Å²) in [5, 5.41) is 3.60. The Bertz CT molecular complexity index is 360. The van der Waals surface area contributed by atoms with Crippen LogP contribution in [0.4, 0.5) is 4.39 Å². The average molecular weight is 221 g/mol. The summed E-state index contributed by atoms with van der Waals surface area (Å²) in [7, 11) is 0. The van der Waals surface area contributed by atoms with Crippen molar-refractivity contribution in [1.29, 1.82) is 0 Å². The van der Waals surface area contributed by atoms with E-state index in [1.54, 1.807) is 12.1 Å². The Hall–Kier alpha value is -0.890. The molecule has 2 heteroatoms. The van der Waals surface area contributed by atoms with E-state index in [4.69, 9.17) is 0 Å². The third-order valence-electron chi connectivity index (χ3n) is 3.37. The predicted octanol–water partition coefficient (Wildman–Crippen LogP) is 3.29. The Morgan fingerprint density at radius 3 is 2.81 bits per heavy atom. The predicted molar refractivity (Wildman–Crippen MR) is 65.0 cm³/mol. The van der Waals surface area contributed by atoms with Gasteiger partial charge < -0.3 is 5.32 Å². The van der Waals surface area contributed by atoms with Crippen LogP contribution in [-0.2, 0) is 6.42 Å². The number of hydrogen-bond acceptors (Lipinski definition) is 1. The first-order chi connectivity index (χ1) is 7.57. The van der Waals surface area contributed by atoms with Crippen molar-refractivity contribution in [2.45, 2.75) is 51.1 Å². The van der Waals surface area contributed by atoms with E-state index in [1.165, 1.54) is 12.8 Å². The molecule has 1 aliphatic heterocycles. The maximum absolute atomic E-state index is 13.5. The molecule has 0 spiro atoms. The fourth-order valence-electron chi connectivity index (χ4n) is 2.57. The number of hydrogen-bond donors (Lipinski definition) is 1. The molecule has 88 valence electrons. The highest BCUT2D eigenvalue weighted by molar-refractivity contribution is 5.18. The van der Waals surface area contributed by atoms with Gasteiger partial charge in [0.15, 0.2) is 0 Å². The summed E-state index contributed by atoms with van der Waals surface area (Å²) >= 11 is 0. The lowest BCUT2D eigenvalue weighted by molar-refractivity contribution is 0.241. The van der Waals surface area contributed by atoms with Crippen molar-refractivity contribution in [3.8, 4) is 0 Å². The van der Waals surface area contributed by atoms with Crippen molar-refractivity contribution >= 4 is 0 Å². The minimum atomic E-state index is -0.0762. The topological polar surface area (TPSA) is 12.0 Å². The first-order valence-corrected chi connectivity index (χ1v) is 6.08. The molecule has 16 heavy (non-hydrogen) atoms. The number of nitrogens with one attached hydrogen (secondary N) is 1. The second kappa shape index (κ2) is 4.54. The molecule has 0 radical (unpaired) electrons. The third kappa shape index (κ3) is 2.82. The lowest BCUT2D eigenvalue weighted by Gasteiger charge is -2.37. The summed E-state index contributed by atoms with van der Waals surface area (Å²) < 4.78 is 13.5. The van der Waals surface area contributed by atoms with Crippen LogP contribution in [0.1, 0.15) is 38.7 Å². The molecule has 0 amide bonds. The molecule has 1 nitrogen and oxygen atoms in total. The molecule has 0 aromatic heterocycles. The smallest absolute Gasteiger partial charge is 0.126 e. The molecule has 0 unspecified atom stereocenters. The molecular formula is C14H20FN. The van der Waals surface area contributed by atoms with Gasteiger partial charge in [0.05, 0.1) is 0 Å². The van der Waals surface area contributed by atoms with Crippen molar-refractivity contribution in [3.05, 3.63) is 35.6 Å². The van der Waals surface area contributed by atoms with Gasteiger partial charge in [0.2, 0.25) is 0 Å². The van der Waals surface area contributed by atoms with Crippen molar-refractivity contribution in [2.75, 3.05) is 0 Å². The van der Waals surface area contributed by atoms with Crippen LogP contribution >= 0.6 is 0 Å². The van der Waals surface area contributed by atoms with E-state index in [9.17, 15) is 4.39 Å². The van der Waals surface area contributed by atoms with E-state index in [1.807, 2.05) is 12.1 Å². The van der Waals surface area contributed by atoms with Gasteiger partial charge in [-0.25, -0.2) is 4.39 Å². The number of benzene rings is 1. The molecule has 1 heterocycles. The second-order valence-electron chi connectivity index (χ2n) is 5.41. The van der Waals surface area contributed by atoms with Gasteiger partial charge in [0, 0.05) is 11.6 Å². The fraction of sp³-hybridized carbons (Fsp3) is 0.571. The Morgan fingerprint density at radius 2 is 2.12 bits per heavy atom. The maximum atomic E-state index is 13.5. The molecule has 1 aliphatic rings. The SMILES string of the molecule is CC1(C)CCC[C@H](Cc2ccccc2F)N1. The van der Waals surface area contributed by atoms with Crippen LogP contribution in [0, 0.1) is 5.82 Å². The minimum Gasteiger partial charge on any atom is -0.309 e. The van der Waals surface area contributed by atoms with Gasteiger partial charge in [-0.1, -0.05) is 24.6 Å². The summed E-state index contributed by atoms with van der Waals surface area (Å²) in [5.41, 5.74) is 1.03. The molecule has 1 fully saturated rings. The molecule has 0 bridgehead atoms. The van der Waals surface area contributed by atoms with E-state index >= 15 is 0 Å². The molecule has 0 aliphatic carbocycles. The summed E-state index contributed by atoms with van der Waals surface area (Å²) in [6.45, 7) is 4.45. The molecule has 1 saturated heterocycles. The molecular weight excluding hydrogens is 201 g/mol. The van der Waals surface area contributed by atoms with Crippen LogP contribution in [-0.4, -0.2) is 11.6 Å². The summed E-state index contributed by atoms with van der Waals surface area (Å²) in [6.07, 6.45) is 4.40. The first kappa shape index (κ1) is 11.6. The van der Waals surface area contributed by atoms with Crippen LogP contribution in [0.5, 0.6) is 0 Å². The third-order valence-corrected chi connectivity index (χ3v) is 3.37. The fourth-order valence-corrected chi connectivity index (χ4v) is 2.57. The molecule has 1 aromatic rings. The molecule has 1 N–H and O–H groups in total. The van der Waals surface area contributed by atoms with E-state index in [-0.39, 0.29) is 11.4 Å². The summed E-state index contributed by atoms with van der Waals surface area (Å²) in [5.74, 6) is -0.0762. The van der Waals surface area contributed by atoms with Crippen LogP contribution in [0.3, 0.4) is 0 Å². The summed E-state index contributed by atoms with van der Waals surface area (Å²) in [4.78, 5) is 0. The molecule has 0 saturated carbocycles. The second-order valence-corrected chi connectivity index (χ2v) is 5.41. The number of piperidine rings is 1. The largest absolute Gasteiger partial charge is 0.309 e. The van der Waals surface area contributed by atoms with Gasteiger partial charge >= 0.3 is 0 Å². The van der Waals surface area contributed by atoms with Crippen molar-refractivity contribution in [2.24, 2.45) is 0 Å². The Balaban J connectivity index is 2.02. The zero-order valence-corrected chi connectivity index (χ0v) is 10.1. The number of rotatable bonds is 2. The monoisotopic (exact) mass is 221 g/mol.